The van der Waals surface area contributed by atoms with E-state index in [4.69, 9.17) is 0 Å². The standard InChI is InChI=1S/C15H21N5S.HI/c1-16-15(18-10-13-5-4-8-21-13)17-9-12-11-20-7-3-2-6-14(20)19-12;/h4-5,8,11H,2-3,6-7,9-10H2,1H3,(H2,16,17,18);1H. The lowest BCUT2D eigenvalue weighted by atomic mass is 10.2. The number of imidazole rings is 1. The highest BCUT2D eigenvalue weighted by Crippen LogP contribution is 2.14. The summed E-state index contributed by atoms with van der Waals surface area (Å²) in [6.07, 6.45) is 5.79. The van der Waals surface area contributed by atoms with Crippen molar-refractivity contribution in [2.45, 2.75) is 38.9 Å². The van der Waals surface area contributed by atoms with Crippen molar-refractivity contribution in [3.8, 4) is 0 Å². The van der Waals surface area contributed by atoms with Gasteiger partial charge in [0.15, 0.2) is 5.96 Å². The van der Waals surface area contributed by atoms with Gasteiger partial charge in [-0.25, -0.2) is 4.98 Å². The molecule has 7 heteroatoms. The molecule has 2 aromatic heterocycles. The van der Waals surface area contributed by atoms with Crippen LogP contribution in [0.5, 0.6) is 0 Å². The molecule has 0 fully saturated rings. The summed E-state index contributed by atoms with van der Waals surface area (Å²) in [4.78, 5) is 10.2. The normalized spacial score (nSPS) is 14.1. The second kappa shape index (κ2) is 8.52. The summed E-state index contributed by atoms with van der Waals surface area (Å²) in [7, 11) is 1.79. The summed E-state index contributed by atoms with van der Waals surface area (Å²) in [5, 5.41) is 8.73. The zero-order chi connectivity index (χ0) is 14.5. The first-order valence-electron chi connectivity index (χ1n) is 7.37. The molecule has 1 aliphatic rings. The second-order valence-electron chi connectivity index (χ2n) is 5.16. The third-order valence-electron chi connectivity index (χ3n) is 3.63. The second-order valence-corrected chi connectivity index (χ2v) is 6.19. The monoisotopic (exact) mass is 431 g/mol. The molecule has 3 rings (SSSR count). The number of hydrogen-bond donors (Lipinski definition) is 2. The molecule has 0 atom stereocenters. The van der Waals surface area contributed by atoms with E-state index in [1.165, 1.54) is 23.5 Å². The zero-order valence-electron chi connectivity index (χ0n) is 12.7. The summed E-state index contributed by atoms with van der Waals surface area (Å²) in [5.41, 5.74) is 1.09. The SMILES string of the molecule is CN=C(NCc1cn2c(n1)CCCC2)NCc1cccs1.I. The van der Waals surface area contributed by atoms with Gasteiger partial charge in [0.05, 0.1) is 18.8 Å². The number of aryl methyl sites for hydroxylation is 2. The summed E-state index contributed by atoms with van der Waals surface area (Å²) in [6.45, 7) is 2.62. The van der Waals surface area contributed by atoms with Crippen LogP contribution in [0.15, 0.2) is 28.7 Å². The molecule has 2 N–H and O–H groups in total. The van der Waals surface area contributed by atoms with Crippen LogP contribution in [0, 0.1) is 0 Å². The first-order chi connectivity index (χ1) is 10.3. The predicted octanol–water partition coefficient (Wildman–Crippen LogP) is 2.76. The average Bonchev–Trinajstić information content (AvgIpc) is 3.16. The third-order valence-corrected chi connectivity index (χ3v) is 4.51. The lowest BCUT2D eigenvalue weighted by molar-refractivity contribution is 0.522. The predicted molar refractivity (Wildman–Crippen MR) is 102 cm³/mol. The van der Waals surface area contributed by atoms with Gasteiger partial charge in [0, 0.05) is 31.1 Å². The van der Waals surface area contributed by atoms with E-state index in [1.807, 2.05) is 0 Å². The number of aromatic nitrogens is 2. The Morgan fingerprint density at radius 3 is 2.95 bits per heavy atom. The smallest absolute Gasteiger partial charge is 0.191 e. The van der Waals surface area contributed by atoms with E-state index in [-0.39, 0.29) is 24.0 Å². The summed E-state index contributed by atoms with van der Waals surface area (Å²) in [6, 6.07) is 4.18. The van der Waals surface area contributed by atoms with Gasteiger partial charge >= 0.3 is 0 Å². The molecule has 120 valence electrons. The van der Waals surface area contributed by atoms with Gasteiger partial charge in [-0.15, -0.1) is 35.3 Å². The zero-order valence-corrected chi connectivity index (χ0v) is 15.9. The van der Waals surface area contributed by atoms with Crippen LogP contribution in [0.2, 0.25) is 0 Å². The Hall–Kier alpha value is -1.09. The molecule has 0 bridgehead atoms. The Morgan fingerprint density at radius 1 is 1.36 bits per heavy atom. The van der Waals surface area contributed by atoms with Crippen molar-refractivity contribution >= 4 is 41.3 Å². The minimum atomic E-state index is 0. The van der Waals surface area contributed by atoms with Crippen LogP contribution < -0.4 is 10.6 Å². The highest BCUT2D eigenvalue weighted by atomic mass is 127. The lowest BCUT2D eigenvalue weighted by Gasteiger charge is -2.11. The molecule has 0 amide bonds. The number of guanidine groups is 1. The van der Waals surface area contributed by atoms with E-state index in [9.17, 15) is 0 Å². The minimum absolute atomic E-state index is 0. The topological polar surface area (TPSA) is 54.2 Å². The maximum Gasteiger partial charge on any atom is 0.191 e. The van der Waals surface area contributed by atoms with Crippen molar-refractivity contribution in [1.82, 2.24) is 20.2 Å². The molecule has 0 aliphatic carbocycles. The average molecular weight is 431 g/mol. The fourth-order valence-corrected chi connectivity index (χ4v) is 3.18. The Bertz CT molecular complexity index is 582. The molecule has 0 saturated heterocycles. The molecular formula is C15H22IN5S. The highest BCUT2D eigenvalue weighted by molar-refractivity contribution is 14.0. The quantitative estimate of drug-likeness (QED) is 0.445. The first kappa shape index (κ1) is 17.3. The van der Waals surface area contributed by atoms with E-state index in [0.717, 1.165) is 31.2 Å². The van der Waals surface area contributed by atoms with Crippen molar-refractivity contribution < 1.29 is 0 Å². The van der Waals surface area contributed by atoms with Gasteiger partial charge in [-0.05, 0) is 24.3 Å². The van der Waals surface area contributed by atoms with E-state index in [1.54, 1.807) is 18.4 Å². The van der Waals surface area contributed by atoms with Crippen molar-refractivity contribution in [2.24, 2.45) is 4.99 Å². The van der Waals surface area contributed by atoms with Gasteiger partial charge in [0.2, 0.25) is 0 Å². The minimum Gasteiger partial charge on any atom is -0.352 e. The van der Waals surface area contributed by atoms with Crippen LogP contribution in [0.3, 0.4) is 0 Å². The Kier molecular flexibility index (Phi) is 6.69. The molecule has 0 aromatic carbocycles. The summed E-state index contributed by atoms with van der Waals surface area (Å²) < 4.78 is 2.28. The van der Waals surface area contributed by atoms with Gasteiger partial charge in [-0.2, -0.15) is 0 Å². The molecule has 2 aromatic rings. The Morgan fingerprint density at radius 2 is 2.23 bits per heavy atom. The van der Waals surface area contributed by atoms with Crippen molar-refractivity contribution in [3.05, 3.63) is 40.1 Å². The number of nitrogens with zero attached hydrogens (tertiary/aromatic N) is 3. The molecule has 3 heterocycles. The van der Waals surface area contributed by atoms with Gasteiger partial charge in [-0.1, -0.05) is 6.07 Å². The largest absolute Gasteiger partial charge is 0.352 e. The fourth-order valence-electron chi connectivity index (χ4n) is 2.54. The van der Waals surface area contributed by atoms with E-state index < -0.39 is 0 Å². The number of fused-ring (bicyclic) bond motifs is 1. The van der Waals surface area contributed by atoms with E-state index in [2.05, 4.69) is 48.9 Å². The Labute approximate surface area is 152 Å². The van der Waals surface area contributed by atoms with Gasteiger partial charge < -0.3 is 15.2 Å². The van der Waals surface area contributed by atoms with Crippen LogP contribution >= 0.6 is 35.3 Å². The van der Waals surface area contributed by atoms with Crippen molar-refractivity contribution in [1.29, 1.82) is 0 Å². The molecule has 0 spiro atoms. The number of nitrogens with one attached hydrogen (secondary N) is 2. The maximum atomic E-state index is 4.69. The summed E-state index contributed by atoms with van der Waals surface area (Å²) >= 11 is 1.75. The number of halogens is 1. The molecule has 0 saturated carbocycles. The van der Waals surface area contributed by atoms with Crippen molar-refractivity contribution in [2.75, 3.05) is 7.05 Å². The molecule has 0 unspecified atom stereocenters. The lowest BCUT2D eigenvalue weighted by Crippen LogP contribution is -2.36. The summed E-state index contributed by atoms with van der Waals surface area (Å²) in [5.74, 6) is 2.04. The van der Waals surface area contributed by atoms with Crippen LogP contribution in [-0.2, 0) is 26.1 Å². The number of rotatable bonds is 4. The Balaban J connectivity index is 0.00000176. The van der Waals surface area contributed by atoms with Gasteiger partial charge in [0.25, 0.3) is 0 Å². The van der Waals surface area contributed by atoms with Crippen LogP contribution in [-0.4, -0.2) is 22.6 Å². The number of thiophene rings is 1. The third kappa shape index (κ3) is 4.45. The van der Waals surface area contributed by atoms with Crippen LogP contribution in [0.25, 0.3) is 0 Å². The van der Waals surface area contributed by atoms with Crippen LogP contribution in [0.4, 0.5) is 0 Å². The van der Waals surface area contributed by atoms with E-state index in [0.29, 0.717) is 6.54 Å². The highest BCUT2D eigenvalue weighted by Gasteiger charge is 2.12. The number of aliphatic imine (C=N–C) groups is 1. The van der Waals surface area contributed by atoms with Crippen molar-refractivity contribution in [3.63, 3.8) is 0 Å². The molecular weight excluding hydrogens is 409 g/mol. The molecule has 1 aliphatic heterocycles. The van der Waals surface area contributed by atoms with Crippen LogP contribution in [0.1, 0.15) is 29.2 Å². The van der Waals surface area contributed by atoms with Gasteiger partial charge in [-0.3, -0.25) is 4.99 Å². The molecule has 22 heavy (non-hydrogen) atoms. The fraction of sp³-hybridized carbons (Fsp3) is 0.467. The molecule has 5 nitrogen and oxygen atoms in total. The van der Waals surface area contributed by atoms with Gasteiger partial charge in [0.1, 0.15) is 5.82 Å². The molecule has 0 radical (unpaired) electrons. The maximum absolute atomic E-state index is 4.69. The first-order valence-corrected chi connectivity index (χ1v) is 8.25. The van der Waals surface area contributed by atoms with E-state index >= 15 is 0 Å². The number of hydrogen-bond acceptors (Lipinski definition) is 3.